The minimum absolute atomic E-state index is 0. The SMILES string of the molecule is Cl.O=C(NCc1cccc(OCC(F)F)c1)C1CNC1. The molecule has 0 unspecified atom stereocenters. The van der Waals surface area contributed by atoms with Gasteiger partial charge in [-0.05, 0) is 17.7 Å². The fraction of sp³-hybridized carbons (Fsp3) is 0.462. The lowest BCUT2D eigenvalue weighted by molar-refractivity contribution is -0.126. The van der Waals surface area contributed by atoms with E-state index >= 15 is 0 Å². The number of rotatable bonds is 6. The third-order valence-corrected chi connectivity index (χ3v) is 2.89. The number of alkyl halides is 2. The highest BCUT2D eigenvalue weighted by molar-refractivity contribution is 5.85. The monoisotopic (exact) mass is 306 g/mol. The second kappa shape index (κ2) is 8.01. The molecule has 2 rings (SSSR count). The van der Waals surface area contributed by atoms with Gasteiger partial charge in [0.25, 0.3) is 6.43 Å². The van der Waals surface area contributed by atoms with Crippen LogP contribution < -0.4 is 15.4 Å². The van der Waals surface area contributed by atoms with Crippen molar-refractivity contribution in [1.82, 2.24) is 10.6 Å². The van der Waals surface area contributed by atoms with Crippen molar-refractivity contribution in [2.75, 3.05) is 19.7 Å². The zero-order valence-electron chi connectivity index (χ0n) is 10.8. The molecule has 1 amide bonds. The largest absolute Gasteiger partial charge is 0.488 e. The molecule has 7 heteroatoms. The van der Waals surface area contributed by atoms with Crippen LogP contribution in [0.3, 0.4) is 0 Å². The number of benzene rings is 1. The van der Waals surface area contributed by atoms with E-state index < -0.39 is 13.0 Å². The predicted molar refractivity (Wildman–Crippen MR) is 73.4 cm³/mol. The van der Waals surface area contributed by atoms with Gasteiger partial charge in [-0.3, -0.25) is 4.79 Å². The first-order chi connectivity index (χ1) is 9.15. The normalized spacial score (nSPS) is 14.3. The Morgan fingerprint density at radius 3 is 2.80 bits per heavy atom. The van der Waals surface area contributed by atoms with Crippen molar-refractivity contribution in [3.8, 4) is 5.75 Å². The van der Waals surface area contributed by atoms with Crippen LogP contribution in [0.15, 0.2) is 24.3 Å². The number of carbonyl (C=O) groups excluding carboxylic acids is 1. The average Bonchev–Trinajstić information content (AvgIpc) is 2.32. The van der Waals surface area contributed by atoms with Gasteiger partial charge in [0.1, 0.15) is 12.4 Å². The van der Waals surface area contributed by atoms with Crippen LogP contribution in [0.1, 0.15) is 5.56 Å². The Labute approximate surface area is 122 Å². The van der Waals surface area contributed by atoms with Crippen LogP contribution in [0.2, 0.25) is 0 Å². The first-order valence-corrected chi connectivity index (χ1v) is 6.13. The van der Waals surface area contributed by atoms with Gasteiger partial charge in [0.15, 0.2) is 0 Å². The van der Waals surface area contributed by atoms with Crippen LogP contribution in [0.4, 0.5) is 8.78 Å². The molecule has 4 nitrogen and oxygen atoms in total. The van der Waals surface area contributed by atoms with E-state index in [0.717, 1.165) is 5.56 Å². The lowest BCUT2D eigenvalue weighted by Crippen LogP contribution is -2.50. The molecule has 1 saturated heterocycles. The minimum Gasteiger partial charge on any atom is -0.488 e. The van der Waals surface area contributed by atoms with E-state index in [4.69, 9.17) is 4.74 Å². The van der Waals surface area contributed by atoms with Gasteiger partial charge < -0.3 is 15.4 Å². The average molecular weight is 307 g/mol. The van der Waals surface area contributed by atoms with Crippen molar-refractivity contribution in [3.05, 3.63) is 29.8 Å². The molecule has 1 aliphatic heterocycles. The highest BCUT2D eigenvalue weighted by Gasteiger charge is 2.24. The molecule has 0 saturated carbocycles. The summed E-state index contributed by atoms with van der Waals surface area (Å²) in [6, 6.07) is 6.80. The van der Waals surface area contributed by atoms with Gasteiger partial charge in [-0.2, -0.15) is 0 Å². The summed E-state index contributed by atoms with van der Waals surface area (Å²) < 4.78 is 29.0. The molecule has 20 heavy (non-hydrogen) atoms. The maximum atomic E-state index is 12.0. The minimum atomic E-state index is -2.49. The van der Waals surface area contributed by atoms with Crippen molar-refractivity contribution >= 4 is 18.3 Å². The van der Waals surface area contributed by atoms with Crippen LogP contribution >= 0.6 is 12.4 Å². The Balaban J connectivity index is 0.00000200. The first-order valence-electron chi connectivity index (χ1n) is 6.13. The molecule has 0 aliphatic carbocycles. The molecule has 1 aromatic rings. The number of hydrogen-bond donors (Lipinski definition) is 2. The van der Waals surface area contributed by atoms with Gasteiger partial charge in [-0.1, -0.05) is 12.1 Å². The molecule has 1 heterocycles. The van der Waals surface area contributed by atoms with E-state index in [-0.39, 0.29) is 24.2 Å². The quantitative estimate of drug-likeness (QED) is 0.839. The maximum absolute atomic E-state index is 12.0. The second-order valence-electron chi connectivity index (χ2n) is 4.42. The van der Waals surface area contributed by atoms with E-state index in [0.29, 0.717) is 25.4 Å². The molecular formula is C13H17ClF2N2O2. The Morgan fingerprint density at radius 1 is 1.45 bits per heavy atom. The number of nitrogens with one attached hydrogen (secondary N) is 2. The number of amides is 1. The van der Waals surface area contributed by atoms with Crippen molar-refractivity contribution < 1.29 is 18.3 Å². The fourth-order valence-corrected chi connectivity index (χ4v) is 1.71. The van der Waals surface area contributed by atoms with Crippen LogP contribution in [0.5, 0.6) is 5.75 Å². The van der Waals surface area contributed by atoms with Crippen molar-refractivity contribution in [2.45, 2.75) is 13.0 Å². The predicted octanol–water partition coefficient (Wildman–Crippen LogP) is 1.59. The lowest BCUT2D eigenvalue weighted by Gasteiger charge is -2.25. The van der Waals surface area contributed by atoms with Gasteiger partial charge in [0, 0.05) is 19.6 Å². The van der Waals surface area contributed by atoms with Crippen LogP contribution in [0.25, 0.3) is 0 Å². The Kier molecular flexibility index (Phi) is 6.67. The zero-order valence-corrected chi connectivity index (χ0v) is 11.6. The summed E-state index contributed by atoms with van der Waals surface area (Å²) >= 11 is 0. The Morgan fingerprint density at radius 2 is 2.20 bits per heavy atom. The van der Waals surface area contributed by atoms with Crippen molar-refractivity contribution in [1.29, 1.82) is 0 Å². The molecule has 2 N–H and O–H groups in total. The van der Waals surface area contributed by atoms with Crippen molar-refractivity contribution in [3.63, 3.8) is 0 Å². The standard InChI is InChI=1S/C13H16F2N2O2.ClH/c14-12(15)8-19-11-3-1-2-9(4-11)5-17-13(18)10-6-16-7-10;/h1-4,10,12,16H,5-8H2,(H,17,18);1H. The summed E-state index contributed by atoms with van der Waals surface area (Å²) in [5, 5.41) is 5.84. The smallest absolute Gasteiger partial charge is 0.272 e. The molecule has 112 valence electrons. The third-order valence-electron chi connectivity index (χ3n) is 2.89. The number of carbonyl (C=O) groups is 1. The third kappa shape index (κ3) is 4.94. The van der Waals surface area contributed by atoms with Gasteiger partial charge in [0.05, 0.1) is 5.92 Å². The number of halogens is 3. The zero-order chi connectivity index (χ0) is 13.7. The molecule has 1 aromatic carbocycles. The molecular weight excluding hydrogens is 290 g/mol. The summed E-state index contributed by atoms with van der Waals surface area (Å²) in [4.78, 5) is 11.6. The molecule has 1 aliphatic rings. The fourth-order valence-electron chi connectivity index (χ4n) is 1.71. The van der Waals surface area contributed by atoms with E-state index in [1.165, 1.54) is 0 Å². The van der Waals surface area contributed by atoms with Gasteiger partial charge in [0.2, 0.25) is 5.91 Å². The lowest BCUT2D eigenvalue weighted by atomic mass is 10.0. The maximum Gasteiger partial charge on any atom is 0.272 e. The number of hydrogen-bond acceptors (Lipinski definition) is 3. The molecule has 0 bridgehead atoms. The van der Waals surface area contributed by atoms with Gasteiger partial charge in [-0.25, -0.2) is 8.78 Å². The molecule has 1 fully saturated rings. The summed E-state index contributed by atoms with van der Waals surface area (Å²) in [7, 11) is 0. The molecule has 0 radical (unpaired) electrons. The van der Waals surface area contributed by atoms with E-state index in [1.807, 2.05) is 6.07 Å². The van der Waals surface area contributed by atoms with E-state index in [2.05, 4.69) is 10.6 Å². The van der Waals surface area contributed by atoms with E-state index in [9.17, 15) is 13.6 Å². The highest BCUT2D eigenvalue weighted by Crippen LogP contribution is 2.14. The molecule has 0 aromatic heterocycles. The first kappa shape index (κ1) is 16.7. The summed E-state index contributed by atoms with van der Waals surface area (Å²) in [6.45, 7) is 1.18. The second-order valence-corrected chi connectivity index (χ2v) is 4.42. The Hall–Kier alpha value is -1.40. The van der Waals surface area contributed by atoms with Crippen LogP contribution in [0, 0.1) is 5.92 Å². The Bertz CT molecular complexity index is 442. The summed E-state index contributed by atoms with van der Waals surface area (Å²) in [6.07, 6.45) is -2.49. The van der Waals surface area contributed by atoms with Crippen LogP contribution in [-0.2, 0) is 11.3 Å². The summed E-state index contributed by atoms with van der Waals surface area (Å²) in [5.74, 6) is 0.438. The number of ether oxygens (including phenoxy) is 1. The highest BCUT2D eigenvalue weighted by atomic mass is 35.5. The van der Waals surface area contributed by atoms with Gasteiger partial charge >= 0.3 is 0 Å². The topological polar surface area (TPSA) is 50.4 Å². The van der Waals surface area contributed by atoms with Crippen molar-refractivity contribution in [2.24, 2.45) is 5.92 Å². The molecule has 0 atom stereocenters. The molecule has 0 spiro atoms. The summed E-state index contributed by atoms with van der Waals surface area (Å²) in [5.41, 5.74) is 0.826. The van der Waals surface area contributed by atoms with Crippen LogP contribution in [-0.4, -0.2) is 32.0 Å². The van der Waals surface area contributed by atoms with Gasteiger partial charge in [-0.15, -0.1) is 12.4 Å². The van der Waals surface area contributed by atoms with E-state index in [1.54, 1.807) is 18.2 Å².